The van der Waals surface area contributed by atoms with Gasteiger partial charge in [0.2, 0.25) is 11.8 Å². The molecular weight excluding hydrogens is 780 g/mol. The molecule has 6 unspecified atom stereocenters. The van der Waals surface area contributed by atoms with Crippen LogP contribution in [0.1, 0.15) is 23.2 Å². The molecule has 4 aromatic rings. The Labute approximate surface area is 299 Å². The molecule has 0 bridgehead atoms. The first-order chi connectivity index (χ1) is 24.0. The molecule has 4 heterocycles. The summed E-state index contributed by atoms with van der Waals surface area (Å²) in [6.07, 6.45) is 0. The molecule has 4 aliphatic rings. The van der Waals surface area contributed by atoms with Crippen LogP contribution in [0.2, 0.25) is 0 Å². The summed E-state index contributed by atoms with van der Waals surface area (Å²) in [7, 11) is 0. The van der Waals surface area contributed by atoms with Gasteiger partial charge in [-0.2, -0.15) is 0 Å². The lowest BCUT2D eigenvalue weighted by molar-refractivity contribution is -0.385. The topological polar surface area (TPSA) is 168 Å². The van der Waals surface area contributed by atoms with Gasteiger partial charge in [0.25, 0.3) is 23.2 Å². The molecule has 6 atom stereocenters. The van der Waals surface area contributed by atoms with Gasteiger partial charge in [-0.25, -0.2) is 19.8 Å². The van der Waals surface area contributed by atoms with Gasteiger partial charge in [-0.15, -0.1) is 0 Å². The van der Waals surface area contributed by atoms with Gasteiger partial charge in [-0.05, 0) is 47.5 Å². The van der Waals surface area contributed by atoms with Crippen LogP contribution < -0.4 is 9.80 Å². The van der Waals surface area contributed by atoms with Crippen molar-refractivity contribution in [3.05, 3.63) is 137 Å². The van der Waals surface area contributed by atoms with E-state index in [2.05, 4.69) is 31.9 Å². The Balaban J connectivity index is 1.34. The minimum Gasteiger partial charge on any atom is -0.274 e. The summed E-state index contributed by atoms with van der Waals surface area (Å²) >= 11 is 6.80. The number of amides is 4. The van der Waals surface area contributed by atoms with Crippen LogP contribution >= 0.6 is 31.9 Å². The number of hydrogen-bond acceptors (Lipinski definition) is 10. The number of nitrogens with zero attached hydrogens (tertiary/aromatic N) is 6. The first-order valence-corrected chi connectivity index (χ1v) is 16.9. The second-order valence-electron chi connectivity index (χ2n) is 12.3. The van der Waals surface area contributed by atoms with Gasteiger partial charge in [-0.1, -0.05) is 68.3 Å². The fourth-order valence-corrected chi connectivity index (χ4v) is 8.60. The van der Waals surface area contributed by atoms with Gasteiger partial charge < -0.3 is 0 Å². The smallest absolute Gasteiger partial charge is 0.269 e. The lowest BCUT2D eigenvalue weighted by atomic mass is 9.84. The van der Waals surface area contributed by atoms with E-state index >= 15 is 0 Å². The van der Waals surface area contributed by atoms with Crippen molar-refractivity contribution < 1.29 is 29.0 Å². The van der Waals surface area contributed by atoms with Crippen molar-refractivity contribution in [2.45, 2.75) is 24.2 Å². The number of hydrazine groups is 1. The monoisotopic (exact) mass is 800 g/mol. The van der Waals surface area contributed by atoms with E-state index in [1.165, 1.54) is 48.5 Å². The Morgan fingerprint density at radius 3 is 1.18 bits per heavy atom. The summed E-state index contributed by atoms with van der Waals surface area (Å²) in [5.74, 6) is -4.43. The molecule has 50 heavy (non-hydrogen) atoms. The molecule has 0 aliphatic carbocycles. The number of halogens is 2. The highest BCUT2D eigenvalue weighted by Gasteiger charge is 2.73. The highest BCUT2D eigenvalue weighted by molar-refractivity contribution is 9.10. The second kappa shape index (κ2) is 11.7. The van der Waals surface area contributed by atoms with E-state index in [0.717, 1.165) is 9.80 Å². The van der Waals surface area contributed by atoms with Crippen LogP contribution in [0, 0.1) is 32.1 Å². The number of nitro benzene ring substituents is 2. The average Bonchev–Trinajstić information content (AvgIpc) is 3.76. The fraction of sp³-hybridized carbons (Fsp3) is 0.176. The van der Waals surface area contributed by atoms with Crippen LogP contribution in [0.4, 0.5) is 22.7 Å². The van der Waals surface area contributed by atoms with E-state index in [-0.39, 0.29) is 11.4 Å². The van der Waals surface area contributed by atoms with Crippen molar-refractivity contribution >= 4 is 78.2 Å². The van der Waals surface area contributed by atoms with Gasteiger partial charge in [0, 0.05) is 33.2 Å². The summed E-state index contributed by atoms with van der Waals surface area (Å²) < 4.78 is 1.26. The first-order valence-electron chi connectivity index (χ1n) is 15.3. The Hall–Kier alpha value is -5.16. The molecule has 250 valence electrons. The number of fused-ring (bicyclic) bond motifs is 5. The number of hydrogen-bond donors (Lipinski definition) is 0. The Morgan fingerprint density at radius 1 is 0.500 bits per heavy atom. The second-order valence-corrected chi connectivity index (χ2v) is 14.1. The lowest BCUT2D eigenvalue weighted by Gasteiger charge is -2.35. The largest absolute Gasteiger partial charge is 0.274 e. The molecule has 4 aromatic carbocycles. The van der Waals surface area contributed by atoms with Crippen molar-refractivity contribution in [3.8, 4) is 0 Å². The van der Waals surface area contributed by atoms with Crippen LogP contribution in [0.5, 0.6) is 0 Å². The van der Waals surface area contributed by atoms with Crippen molar-refractivity contribution in [2.75, 3.05) is 9.80 Å². The minimum atomic E-state index is -1.19. The van der Waals surface area contributed by atoms with Crippen molar-refractivity contribution in [2.24, 2.45) is 11.8 Å². The zero-order valence-corrected chi connectivity index (χ0v) is 28.6. The molecule has 0 aromatic heterocycles. The summed E-state index contributed by atoms with van der Waals surface area (Å²) in [6, 6.07) is 20.1. The summed E-state index contributed by atoms with van der Waals surface area (Å²) in [5.41, 5.74) is 1.10. The van der Waals surface area contributed by atoms with Crippen molar-refractivity contribution in [1.82, 2.24) is 10.0 Å². The molecule has 4 aliphatic heterocycles. The molecule has 4 amide bonds. The van der Waals surface area contributed by atoms with Crippen LogP contribution in [0.25, 0.3) is 0 Å². The van der Waals surface area contributed by atoms with Gasteiger partial charge >= 0.3 is 0 Å². The zero-order chi connectivity index (χ0) is 35.2. The van der Waals surface area contributed by atoms with E-state index in [1.54, 1.807) is 58.5 Å². The molecule has 0 N–H and O–H groups in total. The third kappa shape index (κ3) is 4.66. The molecule has 0 spiro atoms. The summed E-state index contributed by atoms with van der Waals surface area (Å²) in [5, 5.41) is 26.4. The predicted molar refractivity (Wildman–Crippen MR) is 183 cm³/mol. The third-order valence-electron chi connectivity index (χ3n) is 9.75. The van der Waals surface area contributed by atoms with Gasteiger partial charge in [0.05, 0.1) is 45.1 Å². The van der Waals surface area contributed by atoms with Crippen molar-refractivity contribution in [3.63, 3.8) is 0 Å². The third-order valence-corrected chi connectivity index (χ3v) is 10.7. The molecule has 4 saturated heterocycles. The van der Waals surface area contributed by atoms with Crippen molar-refractivity contribution in [1.29, 1.82) is 0 Å². The summed E-state index contributed by atoms with van der Waals surface area (Å²) in [4.78, 5) is 82.3. The number of carbonyl (C=O) groups is 4. The normalized spacial score (nSPS) is 26.0. The standard InChI is InChI=1S/C34H22Br2N6O8/c35-19-3-1-5-23(15-19)37-31(43)25-27(17-7-11-21(12-8-17)41(47)48)40-30-26(32(44)38(34(30)46)24-6-2-4-20(36)16-24)28(39(40)29(25)33(37)45)18-9-13-22(14-10-18)42(49)50/h1-16,25-30H. The maximum atomic E-state index is 14.6. The predicted octanol–water partition coefficient (Wildman–Crippen LogP) is 5.47. The highest BCUT2D eigenvalue weighted by atomic mass is 79.9. The number of anilines is 2. The van der Waals surface area contributed by atoms with E-state index in [4.69, 9.17) is 0 Å². The lowest BCUT2D eigenvalue weighted by Crippen LogP contribution is -2.50. The van der Waals surface area contributed by atoms with Gasteiger partial charge in [-0.3, -0.25) is 39.4 Å². The zero-order valence-electron chi connectivity index (χ0n) is 25.4. The Morgan fingerprint density at radius 2 is 0.860 bits per heavy atom. The summed E-state index contributed by atoms with van der Waals surface area (Å²) in [6.45, 7) is 0. The number of benzene rings is 4. The first kappa shape index (κ1) is 32.1. The number of rotatable bonds is 6. The fourth-order valence-electron chi connectivity index (χ4n) is 7.82. The number of carbonyl (C=O) groups excluding carboxylic acids is 4. The molecule has 0 radical (unpaired) electrons. The Bertz CT molecular complexity index is 2010. The molecule has 4 fully saturated rings. The number of imide groups is 2. The quantitative estimate of drug-likeness (QED) is 0.139. The van der Waals surface area contributed by atoms with E-state index in [9.17, 15) is 39.4 Å². The minimum absolute atomic E-state index is 0.194. The highest BCUT2D eigenvalue weighted by Crippen LogP contribution is 2.60. The van der Waals surface area contributed by atoms with E-state index < -0.39 is 69.5 Å². The van der Waals surface area contributed by atoms with Gasteiger partial charge in [0.15, 0.2) is 0 Å². The average molecular weight is 802 g/mol. The van der Waals surface area contributed by atoms with Crippen LogP contribution in [0.3, 0.4) is 0 Å². The van der Waals surface area contributed by atoms with E-state index in [0.29, 0.717) is 31.4 Å². The number of nitro groups is 2. The molecule has 8 rings (SSSR count). The van der Waals surface area contributed by atoms with Crippen LogP contribution in [-0.4, -0.2) is 55.6 Å². The number of non-ortho nitro benzene ring substituents is 2. The maximum absolute atomic E-state index is 14.6. The van der Waals surface area contributed by atoms with Gasteiger partial charge in [0.1, 0.15) is 12.1 Å². The molecular formula is C34H22Br2N6O8. The molecule has 16 heteroatoms. The van der Waals surface area contributed by atoms with E-state index in [1.807, 2.05) is 0 Å². The molecule has 0 saturated carbocycles. The Kier molecular flexibility index (Phi) is 7.52. The van der Waals surface area contributed by atoms with Crippen LogP contribution in [-0.2, 0) is 19.2 Å². The maximum Gasteiger partial charge on any atom is 0.269 e. The SMILES string of the molecule is O=C1C2C(C(=O)N1c1cccc(Br)c1)N1C(c3ccc([N+](=O)[O-])cc3)C3C(=O)N(c4cccc(Br)c4)C(=O)C3N1C2c1ccc([N+](=O)[O-])cc1. The van der Waals surface area contributed by atoms with Crippen LogP contribution in [0.15, 0.2) is 106 Å². The molecule has 14 nitrogen and oxygen atoms in total.